The maximum atomic E-state index is 11.7. The lowest BCUT2D eigenvalue weighted by atomic mass is 10.3. The molecule has 1 heterocycles. The third kappa shape index (κ3) is 5.29. The summed E-state index contributed by atoms with van der Waals surface area (Å²) < 4.78 is 4.88. The SMILES string of the molecule is O=C(CNC(=O)c1ccco1)NCC(=O)Nc1ccc(Cl)c(Cl)c1. The molecule has 9 heteroatoms. The molecule has 2 rings (SSSR count). The number of carbonyl (C=O) groups is 3. The van der Waals surface area contributed by atoms with E-state index in [1.807, 2.05) is 0 Å². The number of nitrogens with one attached hydrogen (secondary N) is 3. The average molecular weight is 370 g/mol. The number of carbonyl (C=O) groups excluding carboxylic acids is 3. The summed E-state index contributed by atoms with van der Waals surface area (Å²) in [7, 11) is 0. The number of benzene rings is 1. The van der Waals surface area contributed by atoms with Crippen LogP contribution in [0.2, 0.25) is 10.0 Å². The summed E-state index contributed by atoms with van der Waals surface area (Å²) in [6.45, 7) is -0.532. The molecule has 3 N–H and O–H groups in total. The Morgan fingerprint density at radius 3 is 2.38 bits per heavy atom. The number of anilines is 1. The summed E-state index contributed by atoms with van der Waals surface area (Å²) in [5.74, 6) is -1.38. The van der Waals surface area contributed by atoms with E-state index in [-0.39, 0.29) is 18.8 Å². The number of rotatable bonds is 6. The second-order valence-electron chi connectivity index (χ2n) is 4.61. The monoisotopic (exact) mass is 369 g/mol. The highest BCUT2D eigenvalue weighted by atomic mass is 35.5. The van der Waals surface area contributed by atoms with E-state index in [1.165, 1.54) is 18.4 Å². The average Bonchev–Trinajstić information content (AvgIpc) is 3.08. The minimum Gasteiger partial charge on any atom is -0.459 e. The molecule has 0 unspecified atom stereocenters. The van der Waals surface area contributed by atoms with Crippen LogP contribution in [0, 0.1) is 0 Å². The predicted molar refractivity (Wildman–Crippen MR) is 89.1 cm³/mol. The third-order valence-corrected chi connectivity index (χ3v) is 3.54. The van der Waals surface area contributed by atoms with E-state index >= 15 is 0 Å². The summed E-state index contributed by atoms with van der Waals surface area (Å²) in [6.07, 6.45) is 1.35. The Labute approximate surface area is 147 Å². The quantitative estimate of drug-likeness (QED) is 0.725. The standard InChI is InChI=1S/C15H13Cl2N3O4/c16-10-4-3-9(6-11(10)17)20-14(22)8-18-13(21)7-19-15(23)12-2-1-5-24-12/h1-6H,7-8H2,(H,18,21)(H,19,23)(H,20,22). The van der Waals surface area contributed by atoms with Crippen LogP contribution in [-0.2, 0) is 9.59 Å². The molecule has 0 fully saturated rings. The number of furan rings is 1. The van der Waals surface area contributed by atoms with Crippen molar-refractivity contribution in [2.24, 2.45) is 0 Å². The molecule has 3 amide bonds. The Kier molecular flexibility index (Phi) is 6.22. The van der Waals surface area contributed by atoms with Crippen molar-refractivity contribution in [1.29, 1.82) is 0 Å². The van der Waals surface area contributed by atoms with Crippen molar-refractivity contribution in [3.8, 4) is 0 Å². The Bertz CT molecular complexity index is 747. The van der Waals surface area contributed by atoms with Crippen molar-refractivity contribution in [3.05, 3.63) is 52.4 Å². The lowest BCUT2D eigenvalue weighted by Crippen LogP contribution is -2.40. The van der Waals surface area contributed by atoms with Crippen molar-refractivity contribution in [2.75, 3.05) is 18.4 Å². The van der Waals surface area contributed by atoms with Crippen molar-refractivity contribution in [3.63, 3.8) is 0 Å². The fourth-order valence-corrected chi connectivity index (χ4v) is 1.97. The van der Waals surface area contributed by atoms with Crippen molar-refractivity contribution < 1.29 is 18.8 Å². The van der Waals surface area contributed by atoms with Gasteiger partial charge in [-0.1, -0.05) is 23.2 Å². The number of hydrogen-bond donors (Lipinski definition) is 3. The molecular weight excluding hydrogens is 357 g/mol. The smallest absolute Gasteiger partial charge is 0.287 e. The van der Waals surface area contributed by atoms with Gasteiger partial charge in [0, 0.05) is 5.69 Å². The van der Waals surface area contributed by atoms with Crippen LogP contribution in [0.3, 0.4) is 0 Å². The first kappa shape index (κ1) is 17.8. The van der Waals surface area contributed by atoms with E-state index in [2.05, 4.69) is 16.0 Å². The van der Waals surface area contributed by atoms with Gasteiger partial charge in [0.05, 0.1) is 29.4 Å². The largest absolute Gasteiger partial charge is 0.459 e. The minimum atomic E-state index is -0.518. The lowest BCUT2D eigenvalue weighted by molar-refractivity contribution is -0.123. The molecule has 0 aliphatic rings. The molecule has 0 bridgehead atoms. The van der Waals surface area contributed by atoms with Crippen LogP contribution in [0.4, 0.5) is 5.69 Å². The first-order chi connectivity index (χ1) is 11.5. The Hall–Kier alpha value is -2.51. The molecule has 0 aliphatic carbocycles. The Morgan fingerprint density at radius 1 is 0.958 bits per heavy atom. The van der Waals surface area contributed by atoms with Gasteiger partial charge >= 0.3 is 0 Å². The number of amides is 3. The fourth-order valence-electron chi connectivity index (χ4n) is 1.68. The van der Waals surface area contributed by atoms with Gasteiger partial charge in [-0.25, -0.2) is 0 Å². The highest BCUT2D eigenvalue weighted by Crippen LogP contribution is 2.24. The highest BCUT2D eigenvalue weighted by Gasteiger charge is 2.11. The maximum Gasteiger partial charge on any atom is 0.287 e. The van der Waals surface area contributed by atoms with Crippen molar-refractivity contribution in [1.82, 2.24) is 10.6 Å². The van der Waals surface area contributed by atoms with Gasteiger partial charge in [0.15, 0.2) is 5.76 Å². The molecule has 1 aromatic carbocycles. The molecule has 0 spiro atoms. The number of hydrogen-bond acceptors (Lipinski definition) is 4. The van der Waals surface area contributed by atoms with Crippen LogP contribution in [0.1, 0.15) is 10.6 Å². The zero-order valence-electron chi connectivity index (χ0n) is 12.3. The molecule has 2 aromatic rings. The van der Waals surface area contributed by atoms with Crippen LogP contribution >= 0.6 is 23.2 Å². The fraction of sp³-hybridized carbons (Fsp3) is 0.133. The van der Waals surface area contributed by atoms with Gasteiger partial charge in [0.25, 0.3) is 5.91 Å². The van der Waals surface area contributed by atoms with Gasteiger partial charge < -0.3 is 20.4 Å². The van der Waals surface area contributed by atoms with Crippen LogP contribution < -0.4 is 16.0 Å². The Morgan fingerprint density at radius 2 is 1.71 bits per heavy atom. The summed E-state index contributed by atoms with van der Waals surface area (Å²) in [6, 6.07) is 7.65. The topological polar surface area (TPSA) is 100 Å². The van der Waals surface area contributed by atoms with E-state index in [9.17, 15) is 14.4 Å². The molecule has 1 aromatic heterocycles. The zero-order chi connectivity index (χ0) is 17.5. The first-order valence-corrected chi connectivity index (χ1v) is 7.54. The van der Waals surface area contributed by atoms with Gasteiger partial charge in [-0.3, -0.25) is 14.4 Å². The second kappa shape index (κ2) is 8.37. The molecular formula is C15H13Cl2N3O4. The summed E-state index contributed by atoms with van der Waals surface area (Å²) >= 11 is 11.6. The first-order valence-electron chi connectivity index (χ1n) is 6.79. The maximum absolute atomic E-state index is 11.7. The molecule has 0 aliphatic heterocycles. The van der Waals surface area contributed by atoms with Crippen LogP contribution in [-0.4, -0.2) is 30.8 Å². The van der Waals surface area contributed by atoms with E-state index < -0.39 is 17.7 Å². The highest BCUT2D eigenvalue weighted by molar-refractivity contribution is 6.42. The third-order valence-electron chi connectivity index (χ3n) is 2.80. The van der Waals surface area contributed by atoms with E-state index in [1.54, 1.807) is 18.2 Å². The Balaban J connectivity index is 1.72. The zero-order valence-corrected chi connectivity index (χ0v) is 13.8. The molecule has 0 saturated heterocycles. The molecule has 0 saturated carbocycles. The van der Waals surface area contributed by atoms with E-state index in [0.29, 0.717) is 15.7 Å². The van der Waals surface area contributed by atoms with Crippen LogP contribution in [0.5, 0.6) is 0 Å². The molecule has 126 valence electrons. The molecule has 7 nitrogen and oxygen atoms in total. The predicted octanol–water partition coefficient (Wildman–Crippen LogP) is 2.07. The van der Waals surface area contributed by atoms with E-state index in [4.69, 9.17) is 27.6 Å². The molecule has 24 heavy (non-hydrogen) atoms. The van der Waals surface area contributed by atoms with Gasteiger partial charge in [-0.05, 0) is 30.3 Å². The second-order valence-corrected chi connectivity index (χ2v) is 5.43. The number of halogens is 2. The summed E-state index contributed by atoms with van der Waals surface area (Å²) in [4.78, 5) is 34.9. The van der Waals surface area contributed by atoms with Gasteiger partial charge in [0.2, 0.25) is 11.8 Å². The van der Waals surface area contributed by atoms with Crippen molar-refractivity contribution in [2.45, 2.75) is 0 Å². The van der Waals surface area contributed by atoms with Gasteiger partial charge in [-0.2, -0.15) is 0 Å². The van der Waals surface area contributed by atoms with Crippen LogP contribution in [0.15, 0.2) is 41.0 Å². The van der Waals surface area contributed by atoms with Crippen LogP contribution in [0.25, 0.3) is 0 Å². The van der Waals surface area contributed by atoms with Crippen molar-refractivity contribution >= 4 is 46.6 Å². The van der Waals surface area contributed by atoms with Gasteiger partial charge in [-0.15, -0.1) is 0 Å². The minimum absolute atomic E-state index is 0.0974. The normalized spacial score (nSPS) is 10.1. The van der Waals surface area contributed by atoms with Gasteiger partial charge in [0.1, 0.15) is 0 Å². The van der Waals surface area contributed by atoms with E-state index in [0.717, 1.165) is 0 Å². The lowest BCUT2D eigenvalue weighted by Gasteiger charge is -2.08. The molecule has 0 atom stereocenters. The molecule has 0 radical (unpaired) electrons. The summed E-state index contributed by atoms with van der Waals surface area (Å²) in [5, 5.41) is 7.97. The summed E-state index contributed by atoms with van der Waals surface area (Å²) in [5.41, 5.74) is 0.453.